The highest BCUT2D eigenvalue weighted by molar-refractivity contribution is 5.74. The molecule has 0 aliphatic rings. The van der Waals surface area contributed by atoms with E-state index < -0.39 is 29.9 Å². The average molecular weight is 359 g/mol. The van der Waals surface area contributed by atoms with E-state index in [1.807, 2.05) is 0 Å². The Morgan fingerprint density at radius 3 is 2.60 bits per heavy atom. The van der Waals surface area contributed by atoms with Gasteiger partial charge in [0, 0.05) is 19.0 Å². The number of aryl methyl sites for hydroxylation is 1. The van der Waals surface area contributed by atoms with Crippen LogP contribution >= 0.6 is 0 Å². The second kappa shape index (κ2) is 7.47. The predicted octanol–water partition coefficient (Wildman–Crippen LogP) is 1.33. The SMILES string of the molecule is CCCC(=O)NOCc1c(-n2nnn(C)c2=O)cccc1C(F)(F)F. The van der Waals surface area contributed by atoms with E-state index in [0.717, 1.165) is 21.5 Å². The van der Waals surface area contributed by atoms with E-state index >= 15 is 0 Å². The van der Waals surface area contributed by atoms with E-state index in [0.29, 0.717) is 6.42 Å². The fourth-order valence-corrected chi connectivity index (χ4v) is 2.12. The van der Waals surface area contributed by atoms with Crippen LogP contribution in [0, 0.1) is 0 Å². The van der Waals surface area contributed by atoms with Crippen molar-refractivity contribution in [3.63, 3.8) is 0 Å². The van der Waals surface area contributed by atoms with Crippen molar-refractivity contribution in [3.05, 3.63) is 39.8 Å². The summed E-state index contributed by atoms with van der Waals surface area (Å²) in [5.41, 5.74) is -0.0970. The number of nitrogens with zero attached hydrogens (tertiary/aromatic N) is 4. The van der Waals surface area contributed by atoms with Crippen LogP contribution < -0.4 is 11.2 Å². The lowest BCUT2D eigenvalue weighted by Gasteiger charge is -2.16. The molecule has 1 N–H and O–H groups in total. The first-order valence-corrected chi connectivity index (χ1v) is 7.34. The molecule has 0 atom stereocenters. The second-order valence-corrected chi connectivity index (χ2v) is 5.16. The van der Waals surface area contributed by atoms with Crippen molar-refractivity contribution < 1.29 is 22.8 Å². The quantitative estimate of drug-likeness (QED) is 0.786. The van der Waals surface area contributed by atoms with Gasteiger partial charge in [0.15, 0.2) is 0 Å². The van der Waals surface area contributed by atoms with Gasteiger partial charge in [0.05, 0.1) is 11.3 Å². The number of aromatic nitrogens is 4. The third-order valence-electron chi connectivity index (χ3n) is 3.29. The normalized spacial score (nSPS) is 11.6. The number of hydrogen-bond donors (Lipinski definition) is 1. The summed E-state index contributed by atoms with van der Waals surface area (Å²) < 4.78 is 41.5. The number of carbonyl (C=O) groups is 1. The molecule has 8 nitrogen and oxygen atoms in total. The minimum absolute atomic E-state index is 0.127. The first-order chi connectivity index (χ1) is 11.8. The summed E-state index contributed by atoms with van der Waals surface area (Å²) >= 11 is 0. The summed E-state index contributed by atoms with van der Waals surface area (Å²) in [5, 5.41) is 7.03. The maximum Gasteiger partial charge on any atom is 0.416 e. The number of rotatable bonds is 6. The fourth-order valence-electron chi connectivity index (χ4n) is 2.12. The second-order valence-electron chi connectivity index (χ2n) is 5.16. The zero-order chi connectivity index (χ0) is 18.6. The molecule has 1 aromatic heterocycles. The zero-order valence-electron chi connectivity index (χ0n) is 13.5. The van der Waals surface area contributed by atoms with Crippen LogP contribution in [0.15, 0.2) is 23.0 Å². The highest BCUT2D eigenvalue weighted by atomic mass is 19.4. The van der Waals surface area contributed by atoms with Crippen LogP contribution in [0.4, 0.5) is 13.2 Å². The molecule has 0 aliphatic carbocycles. The third-order valence-corrected chi connectivity index (χ3v) is 3.29. The number of hydrogen-bond acceptors (Lipinski definition) is 5. The predicted molar refractivity (Wildman–Crippen MR) is 79.4 cm³/mol. The number of alkyl halides is 3. The van der Waals surface area contributed by atoms with Crippen LogP contribution in [0.25, 0.3) is 5.69 Å². The number of tetrazole rings is 1. The highest BCUT2D eigenvalue weighted by Gasteiger charge is 2.35. The summed E-state index contributed by atoms with van der Waals surface area (Å²) in [4.78, 5) is 28.3. The molecule has 1 aromatic carbocycles. The first-order valence-electron chi connectivity index (χ1n) is 7.34. The van der Waals surface area contributed by atoms with Crippen molar-refractivity contribution in [2.45, 2.75) is 32.5 Å². The van der Waals surface area contributed by atoms with Crippen molar-refractivity contribution in [1.82, 2.24) is 25.3 Å². The molecule has 0 radical (unpaired) electrons. The van der Waals surface area contributed by atoms with Crippen LogP contribution in [0.3, 0.4) is 0 Å². The maximum absolute atomic E-state index is 13.3. The standard InChI is InChI=1S/C14H16F3N5O3/c1-3-5-12(23)18-25-8-9-10(14(15,16)17)6-4-7-11(9)22-13(24)21(2)19-20-22/h4,6-7H,3,5,8H2,1-2H3,(H,18,23). The van der Waals surface area contributed by atoms with Gasteiger partial charge in [0.2, 0.25) is 5.91 Å². The van der Waals surface area contributed by atoms with Crippen LogP contribution in [-0.2, 0) is 29.5 Å². The van der Waals surface area contributed by atoms with Gasteiger partial charge in [-0.25, -0.2) is 10.3 Å². The molecule has 11 heteroatoms. The topological polar surface area (TPSA) is 91.0 Å². The lowest BCUT2D eigenvalue weighted by Crippen LogP contribution is -2.26. The molecule has 136 valence electrons. The van der Waals surface area contributed by atoms with Crippen molar-refractivity contribution in [2.75, 3.05) is 0 Å². The molecule has 1 heterocycles. The Labute approximate surface area is 140 Å². The van der Waals surface area contributed by atoms with Gasteiger partial charge in [-0.2, -0.15) is 22.5 Å². The maximum atomic E-state index is 13.3. The van der Waals surface area contributed by atoms with Gasteiger partial charge in [-0.15, -0.1) is 0 Å². The minimum atomic E-state index is -4.67. The molecule has 0 fully saturated rings. The van der Waals surface area contributed by atoms with Gasteiger partial charge in [-0.1, -0.05) is 13.0 Å². The summed E-state index contributed by atoms with van der Waals surface area (Å²) in [6.45, 7) is 1.18. The van der Waals surface area contributed by atoms with E-state index in [1.165, 1.54) is 13.1 Å². The first kappa shape index (κ1) is 18.6. The number of hydroxylamine groups is 1. The fraction of sp³-hybridized carbons (Fsp3) is 0.429. The van der Waals surface area contributed by atoms with Crippen molar-refractivity contribution >= 4 is 5.91 Å². The molecule has 0 aliphatic heterocycles. The monoisotopic (exact) mass is 359 g/mol. The smallest absolute Gasteiger partial charge is 0.273 e. The van der Waals surface area contributed by atoms with Gasteiger partial charge >= 0.3 is 11.9 Å². The molecular formula is C14H16F3N5O3. The Morgan fingerprint density at radius 2 is 2.04 bits per heavy atom. The van der Waals surface area contributed by atoms with E-state index in [1.54, 1.807) is 6.92 Å². The molecule has 2 rings (SSSR count). The zero-order valence-corrected chi connectivity index (χ0v) is 13.5. The summed E-state index contributed by atoms with van der Waals surface area (Å²) in [6.07, 6.45) is -3.93. The van der Waals surface area contributed by atoms with Crippen LogP contribution in [0.5, 0.6) is 0 Å². The van der Waals surface area contributed by atoms with Gasteiger partial charge in [0.25, 0.3) is 0 Å². The van der Waals surface area contributed by atoms with Gasteiger partial charge < -0.3 is 0 Å². The minimum Gasteiger partial charge on any atom is -0.273 e. The Hall–Kier alpha value is -2.69. The molecule has 0 saturated heterocycles. The largest absolute Gasteiger partial charge is 0.416 e. The van der Waals surface area contributed by atoms with Gasteiger partial charge in [-0.3, -0.25) is 9.63 Å². The lowest BCUT2D eigenvalue weighted by molar-refractivity contribution is -0.140. The molecule has 0 spiro atoms. The molecule has 2 aromatic rings. The molecule has 25 heavy (non-hydrogen) atoms. The number of amides is 1. The molecule has 0 unspecified atom stereocenters. The summed E-state index contributed by atoms with van der Waals surface area (Å²) in [5.74, 6) is -0.454. The van der Waals surface area contributed by atoms with Crippen molar-refractivity contribution in [2.24, 2.45) is 7.05 Å². The number of carbonyl (C=O) groups excluding carboxylic acids is 1. The Morgan fingerprint density at radius 1 is 1.32 bits per heavy atom. The number of benzene rings is 1. The molecule has 0 bridgehead atoms. The van der Waals surface area contributed by atoms with Gasteiger partial charge in [0.1, 0.15) is 6.61 Å². The van der Waals surface area contributed by atoms with Crippen LogP contribution in [0.1, 0.15) is 30.9 Å². The van der Waals surface area contributed by atoms with Crippen LogP contribution in [-0.4, -0.2) is 25.7 Å². The molecular weight excluding hydrogens is 343 g/mol. The van der Waals surface area contributed by atoms with Crippen molar-refractivity contribution in [3.8, 4) is 5.69 Å². The van der Waals surface area contributed by atoms with E-state index in [2.05, 4.69) is 15.9 Å². The van der Waals surface area contributed by atoms with Gasteiger partial charge in [-0.05, 0) is 29.0 Å². The van der Waals surface area contributed by atoms with Crippen molar-refractivity contribution in [1.29, 1.82) is 0 Å². The van der Waals surface area contributed by atoms with Crippen LogP contribution in [0.2, 0.25) is 0 Å². The molecule has 1 amide bonds. The summed E-state index contributed by atoms with van der Waals surface area (Å²) in [7, 11) is 1.32. The van der Waals surface area contributed by atoms with E-state index in [4.69, 9.17) is 4.84 Å². The highest BCUT2D eigenvalue weighted by Crippen LogP contribution is 2.34. The average Bonchev–Trinajstić information content (AvgIpc) is 2.86. The Balaban J connectivity index is 2.41. The summed E-state index contributed by atoms with van der Waals surface area (Å²) in [6, 6.07) is 3.30. The number of nitrogens with one attached hydrogen (secondary N) is 1. The Kier molecular flexibility index (Phi) is 5.57. The van der Waals surface area contributed by atoms with E-state index in [9.17, 15) is 22.8 Å². The van der Waals surface area contributed by atoms with E-state index in [-0.39, 0.29) is 17.7 Å². The lowest BCUT2D eigenvalue weighted by atomic mass is 10.1. The molecule has 0 saturated carbocycles. The Bertz CT molecular complexity index is 813. The number of halogens is 3. The third kappa shape index (κ3) is 4.24.